The predicted molar refractivity (Wildman–Crippen MR) is 79.3 cm³/mol. The number of carboxylic acids is 1. The van der Waals surface area contributed by atoms with E-state index in [9.17, 15) is 9.59 Å². The Morgan fingerprint density at radius 1 is 1.18 bits per heavy atom. The molecule has 0 amide bonds. The van der Waals surface area contributed by atoms with Gasteiger partial charge in [-0.2, -0.15) is 5.10 Å². The first kappa shape index (κ1) is 14.4. The fourth-order valence-corrected chi connectivity index (χ4v) is 2.57. The number of hydrogen-bond donors (Lipinski definition) is 1. The lowest BCUT2D eigenvalue weighted by Crippen LogP contribution is -2.33. The lowest BCUT2D eigenvalue weighted by atomic mass is 10.1. The minimum absolute atomic E-state index is 0.119. The van der Waals surface area contributed by atoms with Gasteiger partial charge in [0.25, 0.3) is 5.56 Å². The number of furan rings is 1. The lowest BCUT2D eigenvalue weighted by Gasteiger charge is -2.27. The van der Waals surface area contributed by atoms with Gasteiger partial charge in [0, 0.05) is 19.2 Å². The molecule has 0 unspecified atom stereocenters. The van der Waals surface area contributed by atoms with Crippen molar-refractivity contribution in [1.82, 2.24) is 9.78 Å². The van der Waals surface area contributed by atoms with Crippen molar-refractivity contribution in [2.45, 2.75) is 25.8 Å². The summed E-state index contributed by atoms with van der Waals surface area (Å²) < 4.78 is 6.48. The Balaban J connectivity index is 1.82. The summed E-state index contributed by atoms with van der Waals surface area (Å²) in [5.41, 5.74) is -0.242. The monoisotopic (exact) mass is 303 g/mol. The summed E-state index contributed by atoms with van der Waals surface area (Å²) in [5, 5.41) is 13.2. The van der Waals surface area contributed by atoms with Crippen LogP contribution in [0.2, 0.25) is 0 Å². The highest BCUT2D eigenvalue weighted by molar-refractivity contribution is 5.84. The molecule has 1 aliphatic rings. The molecular weight excluding hydrogens is 286 g/mol. The third-order valence-corrected chi connectivity index (χ3v) is 3.71. The molecule has 3 rings (SSSR count). The van der Waals surface area contributed by atoms with Crippen LogP contribution in [0.5, 0.6) is 0 Å². The minimum Gasteiger partial charge on any atom is -0.475 e. The molecule has 7 nitrogen and oxygen atoms in total. The van der Waals surface area contributed by atoms with Gasteiger partial charge in [-0.1, -0.05) is 0 Å². The Hall–Kier alpha value is -2.57. The maximum absolute atomic E-state index is 11.9. The highest BCUT2D eigenvalue weighted by atomic mass is 16.4. The molecule has 1 saturated heterocycles. The number of carboxylic acid groups (broad SMARTS) is 1. The maximum Gasteiger partial charge on any atom is 0.371 e. The molecule has 116 valence electrons. The first-order valence-corrected chi connectivity index (χ1v) is 7.28. The largest absolute Gasteiger partial charge is 0.475 e. The molecule has 0 aromatic carbocycles. The van der Waals surface area contributed by atoms with Crippen LogP contribution in [0.1, 0.15) is 35.6 Å². The summed E-state index contributed by atoms with van der Waals surface area (Å²) >= 11 is 0. The summed E-state index contributed by atoms with van der Waals surface area (Å²) in [6.45, 7) is 2.00. The van der Waals surface area contributed by atoms with Crippen molar-refractivity contribution in [3.05, 3.63) is 46.1 Å². The second-order valence-electron chi connectivity index (χ2n) is 5.31. The number of piperidine rings is 1. The molecule has 7 heteroatoms. The standard InChI is InChI=1S/C15H17N3O4/c19-14-7-6-13(17-8-2-1-3-9-17)16-18(14)10-11-4-5-12(22-11)15(20)21/h4-7H,1-3,8-10H2,(H,20,21). The quantitative estimate of drug-likeness (QED) is 0.922. The van der Waals surface area contributed by atoms with E-state index in [1.807, 2.05) is 0 Å². The van der Waals surface area contributed by atoms with Crippen LogP contribution in [-0.4, -0.2) is 33.9 Å². The highest BCUT2D eigenvalue weighted by Crippen LogP contribution is 2.16. The lowest BCUT2D eigenvalue weighted by molar-refractivity contribution is 0.0660. The third kappa shape index (κ3) is 3.03. The molecule has 0 aliphatic carbocycles. The second-order valence-corrected chi connectivity index (χ2v) is 5.31. The zero-order valence-corrected chi connectivity index (χ0v) is 12.1. The predicted octanol–water partition coefficient (Wildman–Crippen LogP) is 1.57. The van der Waals surface area contributed by atoms with Crippen molar-refractivity contribution < 1.29 is 14.3 Å². The van der Waals surface area contributed by atoms with Crippen LogP contribution in [0.25, 0.3) is 0 Å². The van der Waals surface area contributed by atoms with E-state index < -0.39 is 5.97 Å². The van der Waals surface area contributed by atoms with Crippen molar-refractivity contribution in [1.29, 1.82) is 0 Å². The molecule has 1 N–H and O–H groups in total. The van der Waals surface area contributed by atoms with E-state index in [0.29, 0.717) is 5.76 Å². The summed E-state index contributed by atoms with van der Waals surface area (Å²) in [7, 11) is 0. The number of aromatic carboxylic acids is 1. The third-order valence-electron chi connectivity index (χ3n) is 3.71. The molecule has 0 spiro atoms. The van der Waals surface area contributed by atoms with Crippen LogP contribution < -0.4 is 10.5 Å². The van der Waals surface area contributed by atoms with E-state index in [2.05, 4.69) is 10.00 Å². The number of aromatic nitrogens is 2. The normalized spacial score (nSPS) is 15.0. The van der Waals surface area contributed by atoms with Gasteiger partial charge in [-0.3, -0.25) is 4.79 Å². The Morgan fingerprint density at radius 2 is 1.95 bits per heavy atom. The molecule has 2 aromatic heterocycles. The van der Waals surface area contributed by atoms with Crippen LogP contribution in [0.4, 0.5) is 5.82 Å². The van der Waals surface area contributed by atoms with Gasteiger partial charge in [0.1, 0.15) is 18.1 Å². The molecule has 0 atom stereocenters. The Kier molecular flexibility index (Phi) is 3.95. The Morgan fingerprint density at radius 3 is 2.64 bits per heavy atom. The van der Waals surface area contributed by atoms with Crippen LogP contribution in [0.3, 0.4) is 0 Å². The van der Waals surface area contributed by atoms with Crippen LogP contribution >= 0.6 is 0 Å². The van der Waals surface area contributed by atoms with Gasteiger partial charge in [-0.15, -0.1) is 0 Å². The molecule has 1 aliphatic heterocycles. The number of rotatable bonds is 4. The fourth-order valence-electron chi connectivity index (χ4n) is 2.57. The van der Waals surface area contributed by atoms with E-state index in [1.165, 1.54) is 23.2 Å². The second kappa shape index (κ2) is 6.05. The van der Waals surface area contributed by atoms with Crippen molar-refractivity contribution in [2.75, 3.05) is 18.0 Å². The van der Waals surface area contributed by atoms with Crippen molar-refractivity contribution in [3.8, 4) is 0 Å². The van der Waals surface area contributed by atoms with E-state index >= 15 is 0 Å². The van der Waals surface area contributed by atoms with Gasteiger partial charge in [-0.05, 0) is 37.5 Å². The van der Waals surface area contributed by atoms with Gasteiger partial charge in [0.15, 0.2) is 0 Å². The van der Waals surface area contributed by atoms with Crippen LogP contribution in [-0.2, 0) is 6.54 Å². The minimum atomic E-state index is -1.13. The topological polar surface area (TPSA) is 88.6 Å². The molecule has 3 heterocycles. The SMILES string of the molecule is O=C(O)c1ccc(Cn2nc(N3CCCCC3)ccc2=O)o1. The Labute approximate surface area is 126 Å². The van der Waals surface area contributed by atoms with Gasteiger partial charge in [0.2, 0.25) is 5.76 Å². The van der Waals surface area contributed by atoms with E-state index in [0.717, 1.165) is 31.7 Å². The van der Waals surface area contributed by atoms with Crippen molar-refractivity contribution >= 4 is 11.8 Å². The molecular formula is C15H17N3O4. The van der Waals surface area contributed by atoms with Crippen LogP contribution in [0, 0.1) is 0 Å². The number of hydrogen-bond acceptors (Lipinski definition) is 5. The first-order chi connectivity index (χ1) is 10.6. The first-order valence-electron chi connectivity index (χ1n) is 7.28. The van der Waals surface area contributed by atoms with Gasteiger partial charge in [0.05, 0.1) is 0 Å². The average Bonchev–Trinajstić information content (AvgIpc) is 2.99. The van der Waals surface area contributed by atoms with E-state index in [4.69, 9.17) is 9.52 Å². The number of carbonyl (C=O) groups is 1. The molecule has 22 heavy (non-hydrogen) atoms. The van der Waals surface area contributed by atoms with Gasteiger partial charge >= 0.3 is 5.97 Å². The summed E-state index contributed by atoms with van der Waals surface area (Å²) in [4.78, 5) is 24.9. The molecule has 0 saturated carbocycles. The van der Waals surface area contributed by atoms with Crippen molar-refractivity contribution in [2.24, 2.45) is 0 Å². The summed E-state index contributed by atoms with van der Waals surface area (Å²) in [5.74, 6) is -0.115. The molecule has 1 fully saturated rings. The van der Waals surface area contributed by atoms with Crippen molar-refractivity contribution in [3.63, 3.8) is 0 Å². The molecule has 0 bridgehead atoms. The summed E-state index contributed by atoms with van der Waals surface area (Å²) in [6.07, 6.45) is 3.47. The number of nitrogens with zero attached hydrogens (tertiary/aromatic N) is 3. The number of anilines is 1. The van der Waals surface area contributed by atoms with E-state index in [1.54, 1.807) is 12.1 Å². The Bertz CT molecular complexity index is 728. The molecule has 2 aromatic rings. The highest BCUT2D eigenvalue weighted by Gasteiger charge is 2.14. The smallest absolute Gasteiger partial charge is 0.371 e. The molecule has 0 radical (unpaired) electrons. The zero-order chi connectivity index (χ0) is 15.5. The fraction of sp³-hybridized carbons (Fsp3) is 0.400. The summed E-state index contributed by atoms with van der Waals surface area (Å²) in [6, 6.07) is 6.13. The maximum atomic E-state index is 11.9. The van der Waals surface area contributed by atoms with E-state index in [-0.39, 0.29) is 17.9 Å². The zero-order valence-electron chi connectivity index (χ0n) is 12.1. The van der Waals surface area contributed by atoms with Crippen LogP contribution in [0.15, 0.2) is 33.5 Å². The van der Waals surface area contributed by atoms with Gasteiger partial charge in [-0.25, -0.2) is 9.48 Å². The van der Waals surface area contributed by atoms with Gasteiger partial charge < -0.3 is 14.4 Å². The average molecular weight is 303 g/mol.